The Balaban J connectivity index is 1.70. The predicted octanol–water partition coefficient (Wildman–Crippen LogP) is 0.266. The van der Waals surface area contributed by atoms with Gasteiger partial charge < -0.3 is 10.6 Å². The smallest absolute Gasteiger partial charge is 0.224 e. The first-order valence-electron chi connectivity index (χ1n) is 6.19. The molecule has 1 aliphatic rings. The van der Waals surface area contributed by atoms with Crippen molar-refractivity contribution in [2.45, 2.75) is 19.3 Å². The van der Waals surface area contributed by atoms with Crippen LogP contribution in [0.3, 0.4) is 0 Å². The van der Waals surface area contributed by atoms with Crippen LogP contribution in [0.2, 0.25) is 0 Å². The zero-order valence-electron chi connectivity index (χ0n) is 10.2. The summed E-state index contributed by atoms with van der Waals surface area (Å²) in [5.74, 6) is -0.0139. The number of nitrogens with one attached hydrogen (secondary N) is 2. The maximum absolute atomic E-state index is 11.8. The molecule has 0 radical (unpaired) electrons. The Hall–Kier alpha value is -1.91. The number of hydrogen-bond donors (Lipinski definition) is 2. The molecule has 1 atom stereocenters. The van der Waals surface area contributed by atoms with E-state index >= 15 is 0 Å². The number of piperidine rings is 1. The number of pyridine rings is 1. The van der Waals surface area contributed by atoms with Crippen LogP contribution in [0.25, 0.3) is 0 Å². The third-order valence-corrected chi connectivity index (χ3v) is 3.10. The van der Waals surface area contributed by atoms with Gasteiger partial charge in [-0.05, 0) is 30.5 Å². The maximum Gasteiger partial charge on any atom is 0.224 e. The van der Waals surface area contributed by atoms with Gasteiger partial charge in [-0.25, -0.2) is 0 Å². The average Bonchev–Trinajstić information content (AvgIpc) is 2.40. The van der Waals surface area contributed by atoms with Crippen molar-refractivity contribution in [3.05, 3.63) is 30.1 Å². The molecule has 2 N–H and O–H groups in total. The van der Waals surface area contributed by atoms with Crippen LogP contribution in [-0.4, -0.2) is 29.9 Å². The average molecular weight is 247 g/mol. The number of carbonyl (C=O) groups is 2. The zero-order chi connectivity index (χ0) is 12.8. The Bertz CT molecular complexity index is 410. The molecule has 1 saturated heterocycles. The van der Waals surface area contributed by atoms with Gasteiger partial charge in [0.25, 0.3) is 0 Å². The second-order valence-corrected chi connectivity index (χ2v) is 4.44. The van der Waals surface area contributed by atoms with E-state index in [2.05, 4.69) is 15.6 Å². The SMILES string of the molecule is O=C1CCC(C(=O)NCCc2ccncc2)CN1. The van der Waals surface area contributed by atoms with Gasteiger partial charge in [-0.3, -0.25) is 14.6 Å². The summed E-state index contributed by atoms with van der Waals surface area (Å²) in [6.45, 7) is 1.08. The molecule has 0 saturated carbocycles. The Morgan fingerprint density at radius 3 is 2.89 bits per heavy atom. The Morgan fingerprint density at radius 1 is 1.44 bits per heavy atom. The van der Waals surface area contributed by atoms with Gasteiger partial charge in [-0.2, -0.15) is 0 Å². The highest BCUT2D eigenvalue weighted by Gasteiger charge is 2.23. The molecule has 0 bridgehead atoms. The van der Waals surface area contributed by atoms with Crippen molar-refractivity contribution in [2.24, 2.45) is 5.92 Å². The van der Waals surface area contributed by atoms with Crippen molar-refractivity contribution in [2.75, 3.05) is 13.1 Å². The van der Waals surface area contributed by atoms with E-state index in [-0.39, 0.29) is 17.7 Å². The third-order valence-electron chi connectivity index (χ3n) is 3.10. The largest absolute Gasteiger partial charge is 0.355 e. The fourth-order valence-electron chi connectivity index (χ4n) is 1.98. The first-order valence-corrected chi connectivity index (χ1v) is 6.19. The van der Waals surface area contributed by atoms with Gasteiger partial charge in [-0.1, -0.05) is 0 Å². The van der Waals surface area contributed by atoms with E-state index in [4.69, 9.17) is 0 Å². The minimum atomic E-state index is -0.0832. The van der Waals surface area contributed by atoms with Crippen LogP contribution in [-0.2, 0) is 16.0 Å². The summed E-state index contributed by atoms with van der Waals surface area (Å²) < 4.78 is 0. The van der Waals surface area contributed by atoms with Crippen molar-refractivity contribution >= 4 is 11.8 Å². The van der Waals surface area contributed by atoms with E-state index in [1.54, 1.807) is 12.4 Å². The molecule has 1 aromatic rings. The third kappa shape index (κ3) is 3.55. The molecule has 0 spiro atoms. The normalized spacial score (nSPS) is 19.1. The van der Waals surface area contributed by atoms with Crippen LogP contribution in [0.15, 0.2) is 24.5 Å². The van der Waals surface area contributed by atoms with Crippen LogP contribution in [0, 0.1) is 5.92 Å². The summed E-state index contributed by atoms with van der Waals surface area (Å²) in [7, 11) is 0. The van der Waals surface area contributed by atoms with E-state index < -0.39 is 0 Å². The number of aromatic nitrogens is 1. The quantitative estimate of drug-likeness (QED) is 0.802. The Morgan fingerprint density at radius 2 is 2.22 bits per heavy atom. The van der Waals surface area contributed by atoms with Crippen LogP contribution in [0.1, 0.15) is 18.4 Å². The fourth-order valence-corrected chi connectivity index (χ4v) is 1.98. The second-order valence-electron chi connectivity index (χ2n) is 4.44. The summed E-state index contributed by atoms with van der Waals surface area (Å²) in [6.07, 6.45) is 5.38. The summed E-state index contributed by atoms with van der Waals surface area (Å²) in [4.78, 5) is 26.7. The maximum atomic E-state index is 11.8. The first kappa shape index (κ1) is 12.5. The van der Waals surface area contributed by atoms with Crippen LogP contribution in [0.5, 0.6) is 0 Å². The lowest BCUT2D eigenvalue weighted by atomic mass is 9.98. The van der Waals surface area contributed by atoms with Gasteiger partial charge in [0.15, 0.2) is 0 Å². The standard InChI is InChI=1S/C13H17N3O2/c17-12-2-1-11(9-16-12)13(18)15-8-5-10-3-6-14-7-4-10/h3-4,6-7,11H,1-2,5,8-9H2,(H,15,18)(H,16,17). The fraction of sp³-hybridized carbons (Fsp3) is 0.462. The molecule has 5 heteroatoms. The van der Waals surface area contributed by atoms with E-state index in [0.29, 0.717) is 25.9 Å². The highest BCUT2D eigenvalue weighted by Crippen LogP contribution is 2.10. The van der Waals surface area contributed by atoms with Gasteiger partial charge in [-0.15, -0.1) is 0 Å². The molecular formula is C13H17N3O2. The molecule has 0 aromatic carbocycles. The Kier molecular flexibility index (Phi) is 4.28. The predicted molar refractivity (Wildman–Crippen MR) is 66.7 cm³/mol. The minimum absolute atomic E-state index is 0.0315. The van der Waals surface area contributed by atoms with Crippen molar-refractivity contribution < 1.29 is 9.59 Å². The highest BCUT2D eigenvalue weighted by atomic mass is 16.2. The first-order chi connectivity index (χ1) is 8.75. The van der Waals surface area contributed by atoms with Crippen LogP contribution < -0.4 is 10.6 Å². The second kappa shape index (κ2) is 6.14. The topological polar surface area (TPSA) is 71.1 Å². The lowest BCUT2D eigenvalue weighted by Crippen LogP contribution is -2.43. The molecule has 1 aromatic heterocycles. The number of amides is 2. The molecule has 2 heterocycles. The number of carbonyl (C=O) groups excluding carboxylic acids is 2. The van der Waals surface area contributed by atoms with Gasteiger partial charge in [0.1, 0.15) is 0 Å². The van der Waals surface area contributed by atoms with E-state index in [0.717, 1.165) is 12.0 Å². The van der Waals surface area contributed by atoms with Crippen molar-refractivity contribution in [3.63, 3.8) is 0 Å². The lowest BCUT2D eigenvalue weighted by molar-refractivity contribution is -0.128. The summed E-state index contributed by atoms with van der Waals surface area (Å²) in [5, 5.41) is 5.62. The number of rotatable bonds is 4. The van der Waals surface area contributed by atoms with Crippen molar-refractivity contribution in [1.29, 1.82) is 0 Å². The molecular weight excluding hydrogens is 230 g/mol. The molecule has 1 unspecified atom stereocenters. The highest BCUT2D eigenvalue weighted by molar-refractivity contribution is 5.83. The molecule has 96 valence electrons. The van der Waals surface area contributed by atoms with Crippen LogP contribution in [0.4, 0.5) is 0 Å². The van der Waals surface area contributed by atoms with Gasteiger partial charge in [0, 0.05) is 31.9 Å². The number of hydrogen-bond acceptors (Lipinski definition) is 3. The van der Waals surface area contributed by atoms with Gasteiger partial charge in [0.05, 0.1) is 5.92 Å². The lowest BCUT2D eigenvalue weighted by Gasteiger charge is -2.21. The minimum Gasteiger partial charge on any atom is -0.355 e. The van der Waals surface area contributed by atoms with Crippen molar-refractivity contribution in [1.82, 2.24) is 15.6 Å². The molecule has 2 rings (SSSR count). The van der Waals surface area contributed by atoms with E-state index in [9.17, 15) is 9.59 Å². The van der Waals surface area contributed by atoms with Gasteiger partial charge in [0.2, 0.25) is 11.8 Å². The molecule has 1 aliphatic heterocycles. The molecule has 1 fully saturated rings. The molecule has 5 nitrogen and oxygen atoms in total. The van der Waals surface area contributed by atoms with E-state index in [1.807, 2.05) is 12.1 Å². The Labute approximate surface area is 106 Å². The number of nitrogens with zero attached hydrogens (tertiary/aromatic N) is 1. The molecule has 18 heavy (non-hydrogen) atoms. The van der Waals surface area contributed by atoms with Crippen LogP contribution >= 0.6 is 0 Å². The summed E-state index contributed by atoms with van der Waals surface area (Å²) >= 11 is 0. The molecule has 0 aliphatic carbocycles. The zero-order valence-corrected chi connectivity index (χ0v) is 10.2. The summed E-state index contributed by atoms with van der Waals surface area (Å²) in [5.41, 5.74) is 1.15. The summed E-state index contributed by atoms with van der Waals surface area (Å²) in [6, 6.07) is 3.87. The van der Waals surface area contributed by atoms with Gasteiger partial charge >= 0.3 is 0 Å². The van der Waals surface area contributed by atoms with E-state index in [1.165, 1.54) is 0 Å². The molecule has 2 amide bonds. The monoisotopic (exact) mass is 247 g/mol. The van der Waals surface area contributed by atoms with Crippen molar-refractivity contribution in [3.8, 4) is 0 Å².